The average molecular weight is 262 g/mol. The zero-order chi connectivity index (χ0) is 13.7. The molecule has 3 heteroatoms. The molecule has 0 N–H and O–H groups in total. The number of hydrogen-bond acceptors (Lipinski definition) is 3. The van der Waals surface area contributed by atoms with E-state index in [-0.39, 0.29) is 6.10 Å². The van der Waals surface area contributed by atoms with Crippen LogP contribution in [0.15, 0.2) is 18.2 Å². The summed E-state index contributed by atoms with van der Waals surface area (Å²) in [6.07, 6.45) is 6.84. The molecule has 0 aliphatic heterocycles. The molecule has 0 bridgehead atoms. The standard InChI is InChI=1S/C16H22O3/c1-3-12-7-9-14(10-8-12)19-16-13(11-17)5-4-6-15(16)18-2/h4-6,11-12,14H,3,7-10H2,1-2H3. The van der Waals surface area contributed by atoms with E-state index in [0.29, 0.717) is 17.1 Å². The van der Waals surface area contributed by atoms with Crippen LogP contribution in [0.4, 0.5) is 0 Å². The van der Waals surface area contributed by atoms with E-state index in [4.69, 9.17) is 9.47 Å². The maximum Gasteiger partial charge on any atom is 0.172 e. The van der Waals surface area contributed by atoms with E-state index in [0.717, 1.165) is 25.0 Å². The Kier molecular flexibility index (Phi) is 4.83. The summed E-state index contributed by atoms with van der Waals surface area (Å²) in [7, 11) is 1.60. The van der Waals surface area contributed by atoms with E-state index in [9.17, 15) is 4.79 Å². The van der Waals surface area contributed by atoms with Crippen molar-refractivity contribution in [1.82, 2.24) is 0 Å². The SMILES string of the molecule is CCC1CCC(Oc2c(C=O)cccc2OC)CC1. The van der Waals surface area contributed by atoms with Gasteiger partial charge < -0.3 is 9.47 Å². The molecule has 0 atom stereocenters. The molecule has 1 aliphatic rings. The summed E-state index contributed by atoms with van der Waals surface area (Å²) >= 11 is 0. The maximum atomic E-state index is 11.1. The third kappa shape index (κ3) is 3.28. The Morgan fingerprint density at radius 3 is 2.58 bits per heavy atom. The summed E-state index contributed by atoms with van der Waals surface area (Å²) in [5.74, 6) is 2.07. The molecule has 0 amide bonds. The predicted octanol–water partition coefficient (Wildman–Crippen LogP) is 3.86. The highest BCUT2D eigenvalue weighted by atomic mass is 16.5. The molecular weight excluding hydrogens is 240 g/mol. The van der Waals surface area contributed by atoms with Gasteiger partial charge in [0.1, 0.15) is 0 Å². The minimum Gasteiger partial charge on any atom is -0.493 e. The van der Waals surface area contributed by atoms with E-state index in [1.54, 1.807) is 13.2 Å². The molecule has 1 saturated carbocycles. The first kappa shape index (κ1) is 13.9. The molecule has 1 aliphatic carbocycles. The van der Waals surface area contributed by atoms with Crippen molar-refractivity contribution in [2.75, 3.05) is 7.11 Å². The van der Waals surface area contributed by atoms with Crippen molar-refractivity contribution in [2.24, 2.45) is 5.92 Å². The maximum absolute atomic E-state index is 11.1. The topological polar surface area (TPSA) is 35.5 Å². The van der Waals surface area contributed by atoms with Gasteiger partial charge in [0.15, 0.2) is 17.8 Å². The van der Waals surface area contributed by atoms with Gasteiger partial charge in [-0.2, -0.15) is 0 Å². The van der Waals surface area contributed by atoms with Gasteiger partial charge in [-0.1, -0.05) is 19.4 Å². The van der Waals surface area contributed by atoms with Crippen LogP contribution in [0.1, 0.15) is 49.4 Å². The number of aldehydes is 1. The van der Waals surface area contributed by atoms with Crippen LogP contribution < -0.4 is 9.47 Å². The first-order chi connectivity index (χ1) is 9.28. The lowest BCUT2D eigenvalue weighted by atomic mass is 9.86. The lowest BCUT2D eigenvalue weighted by molar-refractivity contribution is 0.109. The second-order valence-electron chi connectivity index (χ2n) is 5.17. The van der Waals surface area contributed by atoms with E-state index < -0.39 is 0 Å². The molecule has 1 aromatic carbocycles. The molecule has 0 aromatic heterocycles. The van der Waals surface area contributed by atoms with Gasteiger partial charge in [-0.3, -0.25) is 4.79 Å². The van der Waals surface area contributed by atoms with Crippen molar-refractivity contribution in [2.45, 2.75) is 45.1 Å². The molecule has 0 saturated heterocycles. The number of rotatable bonds is 5. The van der Waals surface area contributed by atoms with E-state index in [1.165, 1.54) is 19.3 Å². The van der Waals surface area contributed by atoms with Gasteiger partial charge in [0.25, 0.3) is 0 Å². The quantitative estimate of drug-likeness (QED) is 0.756. The second-order valence-corrected chi connectivity index (χ2v) is 5.17. The summed E-state index contributed by atoms with van der Waals surface area (Å²) in [6, 6.07) is 5.41. The molecule has 2 rings (SSSR count). The molecule has 1 aromatic rings. The van der Waals surface area contributed by atoms with E-state index in [1.807, 2.05) is 12.1 Å². The Hall–Kier alpha value is -1.51. The Balaban J connectivity index is 2.08. The average Bonchev–Trinajstić information content (AvgIpc) is 2.48. The molecule has 19 heavy (non-hydrogen) atoms. The van der Waals surface area contributed by atoms with Crippen LogP contribution in [0.25, 0.3) is 0 Å². The molecule has 3 nitrogen and oxygen atoms in total. The van der Waals surface area contributed by atoms with Crippen molar-refractivity contribution in [3.63, 3.8) is 0 Å². The number of ether oxygens (including phenoxy) is 2. The Morgan fingerprint density at radius 1 is 1.26 bits per heavy atom. The highest BCUT2D eigenvalue weighted by Gasteiger charge is 2.23. The lowest BCUT2D eigenvalue weighted by Gasteiger charge is -2.29. The van der Waals surface area contributed by atoms with Gasteiger partial charge in [-0.05, 0) is 43.7 Å². The molecular formula is C16H22O3. The predicted molar refractivity (Wildman–Crippen MR) is 75.0 cm³/mol. The number of carbonyl (C=O) groups is 1. The summed E-state index contributed by atoms with van der Waals surface area (Å²) < 4.78 is 11.3. The van der Waals surface area contributed by atoms with Gasteiger partial charge in [0.05, 0.1) is 18.8 Å². The molecule has 0 radical (unpaired) electrons. The number of para-hydroxylation sites is 1. The van der Waals surface area contributed by atoms with Gasteiger partial charge in [-0.25, -0.2) is 0 Å². The third-order valence-electron chi connectivity index (χ3n) is 4.01. The highest BCUT2D eigenvalue weighted by Crippen LogP contribution is 2.35. The summed E-state index contributed by atoms with van der Waals surface area (Å²) in [5.41, 5.74) is 0.567. The number of benzene rings is 1. The fraction of sp³-hybridized carbons (Fsp3) is 0.562. The Morgan fingerprint density at radius 2 is 2.00 bits per heavy atom. The van der Waals surface area contributed by atoms with Crippen LogP contribution in [-0.2, 0) is 0 Å². The molecule has 0 heterocycles. The first-order valence-corrected chi connectivity index (χ1v) is 7.07. The summed E-state index contributed by atoms with van der Waals surface area (Å²) in [4.78, 5) is 11.1. The van der Waals surface area contributed by atoms with Crippen molar-refractivity contribution < 1.29 is 14.3 Å². The van der Waals surface area contributed by atoms with Gasteiger partial charge in [0, 0.05) is 0 Å². The number of hydrogen-bond donors (Lipinski definition) is 0. The zero-order valence-electron chi connectivity index (χ0n) is 11.7. The lowest BCUT2D eigenvalue weighted by Crippen LogP contribution is -2.24. The van der Waals surface area contributed by atoms with Crippen molar-refractivity contribution in [3.8, 4) is 11.5 Å². The molecule has 104 valence electrons. The van der Waals surface area contributed by atoms with E-state index in [2.05, 4.69) is 6.92 Å². The number of methoxy groups -OCH3 is 1. The molecule has 0 unspecified atom stereocenters. The zero-order valence-corrected chi connectivity index (χ0v) is 11.7. The fourth-order valence-electron chi connectivity index (χ4n) is 2.74. The van der Waals surface area contributed by atoms with Crippen LogP contribution in [0.5, 0.6) is 11.5 Å². The molecule has 0 spiro atoms. The van der Waals surface area contributed by atoms with Gasteiger partial charge in [0.2, 0.25) is 0 Å². The van der Waals surface area contributed by atoms with Crippen LogP contribution >= 0.6 is 0 Å². The van der Waals surface area contributed by atoms with Crippen LogP contribution in [0.3, 0.4) is 0 Å². The fourth-order valence-corrected chi connectivity index (χ4v) is 2.74. The Bertz CT molecular complexity index is 420. The van der Waals surface area contributed by atoms with Crippen LogP contribution in [0, 0.1) is 5.92 Å². The second kappa shape index (κ2) is 6.60. The minimum absolute atomic E-state index is 0.206. The first-order valence-electron chi connectivity index (χ1n) is 7.07. The monoisotopic (exact) mass is 262 g/mol. The normalized spacial score (nSPS) is 22.8. The smallest absolute Gasteiger partial charge is 0.172 e. The largest absolute Gasteiger partial charge is 0.493 e. The highest BCUT2D eigenvalue weighted by molar-refractivity contribution is 5.81. The van der Waals surface area contributed by atoms with Crippen molar-refractivity contribution in [3.05, 3.63) is 23.8 Å². The Labute approximate surface area is 114 Å². The summed E-state index contributed by atoms with van der Waals surface area (Å²) in [5, 5.41) is 0. The van der Waals surface area contributed by atoms with Crippen LogP contribution in [0.2, 0.25) is 0 Å². The number of carbonyl (C=O) groups excluding carboxylic acids is 1. The summed E-state index contributed by atoms with van der Waals surface area (Å²) in [6.45, 7) is 2.25. The molecule has 1 fully saturated rings. The van der Waals surface area contributed by atoms with Crippen LogP contribution in [-0.4, -0.2) is 19.5 Å². The minimum atomic E-state index is 0.206. The van der Waals surface area contributed by atoms with Gasteiger partial charge >= 0.3 is 0 Å². The third-order valence-corrected chi connectivity index (χ3v) is 4.01. The van der Waals surface area contributed by atoms with Crippen molar-refractivity contribution >= 4 is 6.29 Å². The van der Waals surface area contributed by atoms with Crippen molar-refractivity contribution in [1.29, 1.82) is 0 Å². The van der Waals surface area contributed by atoms with Gasteiger partial charge in [-0.15, -0.1) is 0 Å². The van der Waals surface area contributed by atoms with E-state index >= 15 is 0 Å².